The highest BCUT2D eigenvalue weighted by atomic mass is 32.2. The van der Waals surface area contributed by atoms with Gasteiger partial charge in [0.05, 0.1) is 5.56 Å². The van der Waals surface area contributed by atoms with E-state index in [4.69, 9.17) is 5.73 Å². The number of aromatic amines is 1. The first-order valence-corrected chi connectivity index (χ1v) is 8.45. The van der Waals surface area contributed by atoms with Crippen molar-refractivity contribution >= 4 is 29.3 Å². The van der Waals surface area contributed by atoms with Gasteiger partial charge in [0.15, 0.2) is 0 Å². The van der Waals surface area contributed by atoms with E-state index in [0.717, 1.165) is 38.7 Å². The molecule has 4 N–H and O–H groups in total. The second-order valence-electron chi connectivity index (χ2n) is 5.73. The average molecular weight is 379 g/mol. The Morgan fingerprint density at radius 3 is 2.19 bits per heavy atom. The van der Waals surface area contributed by atoms with E-state index < -0.39 is 11.7 Å². The van der Waals surface area contributed by atoms with Crippen LogP contribution in [0.3, 0.4) is 0 Å². The summed E-state index contributed by atoms with van der Waals surface area (Å²) in [4.78, 5) is 5.72. The van der Waals surface area contributed by atoms with Gasteiger partial charge in [0.1, 0.15) is 0 Å². The van der Waals surface area contributed by atoms with Gasteiger partial charge in [0.25, 0.3) is 0 Å². The number of H-pyrrole nitrogens is 1. The molecule has 0 aliphatic rings. The lowest BCUT2D eigenvalue weighted by Crippen LogP contribution is -2.03. The number of hydrogen-bond donors (Lipinski definition) is 3. The maximum atomic E-state index is 12.7. The zero-order chi connectivity index (χ0) is 18.9. The number of rotatable bonds is 4. The largest absolute Gasteiger partial charge is 0.416 e. The van der Waals surface area contributed by atoms with Crippen LogP contribution in [0.4, 0.5) is 30.8 Å². The van der Waals surface area contributed by atoms with Crippen LogP contribution < -0.4 is 11.1 Å². The zero-order valence-electron chi connectivity index (χ0n) is 14.0. The molecule has 0 saturated heterocycles. The first kappa shape index (κ1) is 18.1. The van der Waals surface area contributed by atoms with Crippen LogP contribution in [0, 0.1) is 13.8 Å². The van der Waals surface area contributed by atoms with E-state index >= 15 is 0 Å². The summed E-state index contributed by atoms with van der Waals surface area (Å²) in [5.74, 6) is 0.583. The van der Waals surface area contributed by atoms with Gasteiger partial charge in [0, 0.05) is 15.5 Å². The molecule has 9 heteroatoms. The van der Waals surface area contributed by atoms with Gasteiger partial charge >= 0.3 is 6.18 Å². The lowest BCUT2D eigenvalue weighted by atomic mass is 10.1. The molecule has 2 aromatic carbocycles. The average Bonchev–Trinajstić information content (AvgIpc) is 2.95. The number of benzene rings is 2. The Morgan fingerprint density at radius 2 is 1.69 bits per heavy atom. The van der Waals surface area contributed by atoms with Gasteiger partial charge in [0.2, 0.25) is 11.9 Å². The highest BCUT2D eigenvalue weighted by Gasteiger charge is 2.30. The number of aryl methyl sites for hydroxylation is 2. The third-order valence-corrected chi connectivity index (χ3v) is 4.98. The molecule has 0 amide bonds. The fourth-order valence-electron chi connectivity index (χ4n) is 2.47. The van der Waals surface area contributed by atoms with Crippen LogP contribution >= 0.6 is 11.8 Å². The number of anilines is 3. The summed E-state index contributed by atoms with van der Waals surface area (Å²) in [5, 5.41) is 9.52. The first-order chi connectivity index (χ1) is 12.2. The molecule has 3 aromatic rings. The molecule has 0 bridgehead atoms. The third-order valence-electron chi connectivity index (χ3n) is 3.62. The van der Waals surface area contributed by atoms with Gasteiger partial charge in [-0.2, -0.15) is 18.2 Å². The topological polar surface area (TPSA) is 79.6 Å². The summed E-state index contributed by atoms with van der Waals surface area (Å²) in [5.41, 5.74) is 7.62. The van der Waals surface area contributed by atoms with E-state index in [1.54, 1.807) is 0 Å². The number of aromatic nitrogens is 3. The van der Waals surface area contributed by atoms with E-state index in [9.17, 15) is 13.2 Å². The fraction of sp³-hybridized carbons (Fsp3) is 0.176. The van der Waals surface area contributed by atoms with Crippen LogP contribution in [-0.2, 0) is 6.18 Å². The Morgan fingerprint density at radius 1 is 1.08 bits per heavy atom. The minimum absolute atomic E-state index is 0.218. The van der Waals surface area contributed by atoms with E-state index in [1.807, 2.05) is 26.0 Å². The summed E-state index contributed by atoms with van der Waals surface area (Å²) in [6, 6.07) is 9.00. The molecule has 3 rings (SSSR count). The molecule has 0 radical (unpaired) electrons. The number of nitrogens with two attached hydrogens (primary N) is 1. The Balaban J connectivity index is 1.80. The highest BCUT2D eigenvalue weighted by Crippen LogP contribution is 2.37. The molecule has 0 saturated carbocycles. The second kappa shape index (κ2) is 6.91. The number of nitrogen functional groups attached to an aromatic ring is 1. The van der Waals surface area contributed by atoms with Crippen molar-refractivity contribution in [2.45, 2.75) is 29.8 Å². The molecule has 0 aliphatic heterocycles. The van der Waals surface area contributed by atoms with Crippen LogP contribution in [0.5, 0.6) is 0 Å². The molecule has 136 valence electrons. The van der Waals surface area contributed by atoms with Crippen LogP contribution in [0.1, 0.15) is 16.7 Å². The fourth-order valence-corrected chi connectivity index (χ4v) is 3.42. The molecule has 0 spiro atoms. The summed E-state index contributed by atoms with van der Waals surface area (Å²) < 4.78 is 38.0. The molecular weight excluding hydrogens is 363 g/mol. The minimum Gasteiger partial charge on any atom is -0.368 e. The van der Waals surface area contributed by atoms with E-state index in [2.05, 4.69) is 20.5 Å². The molecule has 0 aliphatic carbocycles. The molecule has 5 nitrogen and oxygen atoms in total. The lowest BCUT2D eigenvalue weighted by molar-refractivity contribution is -0.137. The first-order valence-electron chi connectivity index (χ1n) is 7.63. The predicted molar refractivity (Wildman–Crippen MR) is 95.6 cm³/mol. The maximum absolute atomic E-state index is 12.7. The van der Waals surface area contributed by atoms with E-state index in [-0.39, 0.29) is 5.95 Å². The van der Waals surface area contributed by atoms with Crippen molar-refractivity contribution in [1.82, 2.24) is 15.2 Å². The molecule has 1 heterocycles. The van der Waals surface area contributed by atoms with Gasteiger partial charge < -0.3 is 11.1 Å². The Hall–Kier alpha value is -2.68. The number of alkyl halides is 3. The number of halogens is 3. The smallest absolute Gasteiger partial charge is 0.368 e. The third kappa shape index (κ3) is 4.10. The van der Waals surface area contributed by atoms with Gasteiger partial charge in [-0.1, -0.05) is 11.8 Å². The molecule has 0 atom stereocenters. The standard InChI is InChI=1S/C17H16F3N5S/c1-9-7-12(22-16-23-15(21)24-25-16)8-10(2)14(9)26-13-5-3-11(4-6-13)17(18,19)20/h3-8H,1-2H3,(H4,21,22,23,24,25). The summed E-state index contributed by atoms with van der Waals surface area (Å²) in [6.07, 6.45) is -4.33. The van der Waals surface area contributed by atoms with Crippen LogP contribution in [0.15, 0.2) is 46.2 Å². The van der Waals surface area contributed by atoms with Crippen molar-refractivity contribution in [3.63, 3.8) is 0 Å². The zero-order valence-corrected chi connectivity index (χ0v) is 14.8. The molecule has 26 heavy (non-hydrogen) atoms. The Bertz CT molecular complexity index is 896. The predicted octanol–water partition coefficient (Wildman–Crippen LogP) is 4.92. The van der Waals surface area contributed by atoms with Crippen molar-refractivity contribution in [1.29, 1.82) is 0 Å². The van der Waals surface area contributed by atoms with E-state index in [0.29, 0.717) is 5.95 Å². The van der Waals surface area contributed by atoms with Crippen molar-refractivity contribution in [3.8, 4) is 0 Å². The molecular formula is C17H16F3N5S. The summed E-state index contributed by atoms with van der Waals surface area (Å²) in [6.45, 7) is 3.88. The van der Waals surface area contributed by atoms with E-state index in [1.165, 1.54) is 23.9 Å². The Kier molecular flexibility index (Phi) is 4.82. The van der Waals surface area contributed by atoms with Crippen LogP contribution in [0.25, 0.3) is 0 Å². The van der Waals surface area contributed by atoms with Crippen molar-refractivity contribution < 1.29 is 13.2 Å². The molecule has 0 unspecified atom stereocenters. The van der Waals surface area contributed by atoms with Gasteiger partial charge in [-0.25, -0.2) is 5.10 Å². The van der Waals surface area contributed by atoms with Crippen molar-refractivity contribution in [2.75, 3.05) is 11.1 Å². The van der Waals surface area contributed by atoms with Crippen molar-refractivity contribution in [3.05, 3.63) is 53.1 Å². The number of nitrogens with one attached hydrogen (secondary N) is 2. The number of nitrogens with zero attached hydrogens (tertiary/aromatic N) is 2. The summed E-state index contributed by atoms with van der Waals surface area (Å²) >= 11 is 1.43. The van der Waals surface area contributed by atoms with Gasteiger partial charge in [-0.3, -0.25) is 0 Å². The number of hydrogen-bond acceptors (Lipinski definition) is 5. The monoisotopic (exact) mass is 379 g/mol. The normalized spacial score (nSPS) is 11.6. The van der Waals surface area contributed by atoms with Gasteiger partial charge in [-0.15, -0.1) is 5.10 Å². The SMILES string of the molecule is Cc1cc(Nc2n[nH]c(N)n2)cc(C)c1Sc1ccc(C(F)(F)F)cc1. The second-order valence-corrected chi connectivity index (χ2v) is 6.82. The Labute approximate surface area is 152 Å². The maximum Gasteiger partial charge on any atom is 0.416 e. The van der Waals surface area contributed by atoms with Crippen molar-refractivity contribution in [2.24, 2.45) is 0 Å². The minimum atomic E-state index is -4.33. The summed E-state index contributed by atoms with van der Waals surface area (Å²) in [7, 11) is 0. The highest BCUT2D eigenvalue weighted by molar-refractivity contribution is 7.99. The van der Waals surface area contributed by atoms with Gasteiger partial charge in [-0.05, 0) is 61.4 Å². The lowest BCUT2D eigenvalue weighted by Gasteiger charge is -2.13. The van der Waals surface area contributed by atoms with Crippen LogP contribution in [-0.4, -0.2) is 15.2 Å². The quantitative estimate of drug-likeness (QED) is 0.600. The van der Waals surface area contributed by atoms with Crippen LogP contribution in [0.2, 0.25) is 0 Å². The molecule has 1 aromatic heterocycles. The molecule has 0 fully saturated rings.